The van der Waals surface area contributed by atoms with Gasteiger partial charge in [0.05, 0.1) is 7.11 Å². The highest BCUT2D eigenvalue weighted by molar-refractivity contribution is 5.31. The van der Waals surface area contributed by atoms with Crippen LogP contribution in [0.15, 0.2) is 48.8 Å². The van der Waals surface area contributed by atoms with Gasteiger partial charge in [0.1, 0.15) is 18.1 Å². The second kappa shape index (κ2) is 8.27. The number of ether oxygens (including phenoxy) is 2. The molecule has 112 valence electrons. The lowest BCUT2D eigenvalue weighted by Crippen LogP contribution is -2.26. The van der Waals surface area contributed by atoms with Crippen LogP contribution in [0.3, 0.4) is 0 Å². The largest absolute Gasteiger partial charge is 0.497 e. The molecule has 0 N–H and O–H groups in total. The predicted octanol–water partition coefficient (Wildman–Crippen LogP) is 2.64. The smallest absolute Gasteiger partial charge is 0.119 e. The molecular formula is C17H22N2O2. The maximum absolute atomic E-state index is 5.72. The van der Waals surface area contributed by atoms with Gasteiger partial charge in [-0.25, -0.2) is 0 Å². The summed E-state index contributed by atoms with van der Waals surface area (Å²) in [6, 6.07) is 11.8. The maximum atomic E-state index is 5.72. The van der Waals surface area contributed by atoms with E-state index < -0.39 is 0 Å². The van der Waals surface area contributed by atoms with Crippen LogP contribution >= 0.6 is 0 Å². The monoisotopic (exact) mass is 286 g/mol. The van der Waals surface area contributed by atoms with E-state index in [0.717, 1.165) is 31.0 Å². The Balaban J connectivity index is 1.65. The molecule has 0 atom stereocenters. The predicted molar refractivity (Wildman–Crippen MR) is 83.9 cm³/mol. The first-order valence-corrected chi connectivity index (χ1v) is 7.12. The molecule has 0 bridgehead atoms. The summed E-state index contributed by atoms with van der Waals surface area (Å²) >= 11 is 0. The molecule has 1 aromatic carbocycles. The Morgan fingerprint density at radius 3 is 2.29 bits per heavy atom. The van der Waals surface area contributed by atoms with Crippen LogP contribution in [0.1, 0.15) is 5.56 Å². The fraction of sp³-hybridized carbons (Fsp3) is 0.353. The zero-order chi connectivity index (χ0) is 14.9. The van der Waals surface area contributed by atoms with Crippen LogP contribution in [0.5, 0.6) is 11.5 Å². The third-order valence-corrected chi connectivity index (χ3v) is 3.33. The Labute approximate surface area is 126 Å². The van der Waals surface area contributed by atoms with E-state index in [9.17, 15) is 0 Å². The number of aromatic nitrogens is 1. The van der Waals surface area contributed by atoms with Crippen LogP contribution < -0.4 is 9.47 Å². The molecule has 0 aliphatic rings. The first-order chi connectivity index (χ1) is 10.3. The lowest BCUT2D eigenvalue weighted by atomic mass is 10.2. The summed E-state index contributed by atoms with van der Waals surface area (Å²) in [7, 11) is 3.77. The van der Waals surface area contributed by atoms with Crippen molar-refractivity contribution in [1.82, 2.24) is 9.88 Å². The van der Waals surface area contributed by atoms with Crippen molar-refractivity contribution in [3.63, 3.8) is 0 Å². The quantitative estimate of drug-likeness (QED) is 0.747. The summed E-state index contributed by atoms with van der Waals surface area (Å²) in [6.07, 6.45) is 4.70. The van der Waals surface area contributed by atoms with E-state index in [0.29, 0.717) is 6.61 Å². The molecule has 4 nitrogen and oxygen atoms in total. The second-order valence-electron chi connectivity index (χ2n) is 4.93. The van der Waals surface area contributed by atoms with E-state index in [2.05, 4.69) is 29.1 Å². The maximum Gasteiger partial charge on any atom is 0.119 e. The number of hydrogen-bond donors (Lipinski definition) is 0. The van der Waals surface area contributed by atoms with E-state index in [1.165, 1.54) is 5.56 Å². The molecule has 0 radical (unpaired) electrons. The van der Waals surface area contributed by atoms with Gasteiger partial charge in [-0.1, -0.05) is 0 Å². The van der Waals surface area contributed by atoms with Gasteiger partial charge in [0.15, 0.2) is 0 Å². The van der Waals surface area contributed by atoms with E-state index in [-0.39, 0.29) is 0 Å². The Kier molecular flexibility index (Phi) is 6.03. The average Bonchev–Trinajstić information content (AvgIpc) is 2.54. The summed E-state index contributed by atoms with van der Waals surface area (Å²) in [6.45, 7) is 2.59. The van der Waals surface area contributed by atoms with Crippen LogP contribution in [-0.4, -0.2) is 43.7 Å². The molecule has 4 heteroatoms. The number of rotatable bonds is 8. The molecule has 0 aliphatic heterocycles. The summed E-state index contributed by atoms with van der Waals surface area (Å²) < 4.78 is 10.8. The first kappa shape index (κ1) is 15.3. The number of methoxy groups -OCH3 is 1. The molecule has 0 unspecified atom stereocenters. The third kappa shape index (κ3) is 5.44. The van der Waals surface area contributed by atoms with Crippen molar-refractivity contribution >= 4 is 0 Å². The van der Waals surface area contributed by atoms with Crippen molar-refractivity contribution in [2.24, 2.45) is 0 Å². The standard InChI is InChI=1S/C17H22N2O2/c1-19(12-9-15-7-10-18-11-8-15)13-14-21-17-5-3-16(20-2)4-6-17/h3-8,10-11H,9,12-14H2,1-2H3. The fourth-order valence-corrected chi connectivity index (χ4v) is 1.97. The highest BCUT2D eigenvalue weighted by atomic mass is 16.5. The Morgan fingerprint density at radius 2 is 1.62 bits per heavy atom. The number of nitrogens with zero attached hydrogens (tertiary/aromatic N) is 2. The van der Waals surface area contributed by atoms with Gasteiger partial charge in [-0.2, -0.15) is 0 Å². The van der Waals surface area contributed by atoms with E-state index in [1.54, 1.807) is 7.11 Å². The molecule has 1 aromatic heterocycles. The summed E-state index contributed by atoms with van der Waals surface area (Å²) in [5.74, 6) is 1.72. The van der Waals surface area contributed by atoms with Gasteiger partial charge in [-0.3, -0.25) is 4.98 Å². The highest BCUT2D eigenvalue weighted by Gasteiger charge is 2.01. The molecule has 0 fully saturated rings. The second-order valence-corrected chi connectivity index (χ2v) is 4.93. The van der Waals surface area contributed by atoms with Crippen molar-refractivity contribution < 1.29 is 9.47 Å². The van der Waals surface area contributed by atoms with Crippen LogP contribution in [0.4, 0.5) is 0 Å². The zero-order valence-corrected chi connectivity index (χ0v) is 12.7. The van der Waals surface area contributed by atoms with Gasteiger partial charge in [-0.15, -0.1) is 0 Å². The summed E-state index contributed by atoms with van der Waals surface area (Å²) in [4.78, 5) is 6.29. The number of pyridine rings is 1. The highest BCUT2D eigenvalue weighted by Crippen LogP contribution is 2.16. The van der Waals surface area contributed by atoms with E-state index >= 15 is 0 Å². The van der Waals surface area contributed by atoms with Crippen LogP contribution in [-0.2, 0) is 6.42 Å². The van der Waals surface area contributed by atoms with Crippen molar-refractivity contribution in [1.29, 1.82) is 0 Å². The fourth-order valence-electron chi connectivity index (χ4n) is 1.97. The van der Waals surface area contributed by atoms with Crippen LogP contribution in [0.2, 0.25) is 0 Å². The molecule has 0 saturated carbocycles. The van der Waals surface area contributed by atoms with Gasteiger partial charge in [-0.05, 0) is 55.4 Å². The third-order valence-electron chi connectivity index (χ3n) is 3.33. The van der Waals surface area contributed by atoms with Gasteiger partial charge < -0.3 is 14.4 Å². The summed E-state index contributed by atoms with van der Waals surface area (Å²) in [5.41, 5.74) is 1.31. The number of benzene rings is 1. The normalized spacial score (nSPS) is 10.6. The lowest BCUT2D eigenvalue weighted by Gasteiger charge is -2.17. The minimum atomic E-state index is 0.680. The lowest BCUT2D eigenvalue weighted by molar-refractivity contribution is 0.238. The van der Waals surface area contributed by atoms with Crippen LogP contribution in [0, 0.1) is 0 Å². The van der Waals surface area contributed by atoms with Gasteiger partial charge >= 0.3 is 0 Å². The molecule has 0 amide bonds. The Bertz CT molecular complexity index is 514. The Hall–Kier alpha value is -2.07. The molecule has 21 heavy (non-hydrogen) atoms. The SMILES string of the molecule is COc1ccc(OCCN(C)CCc2ccncc2)cc1. The zero-order valence-electron chi connectivity index (χ0n) is 12.7. The molecule has 0 aliphatic carbocycles. The van der Waals surface area contributed by atoms with E-state index in [4.69, 9.17) is 9.47 Å². The van der Waals surface area contributed by atoms with Crippen molar-refractivity contribution in [2.45, 2.75) is 6.42 Å². The topological polar surface area (TPSA) is 34.6 Å². The first-order valence-electron chi connectivity index (χ1n) is 7.12. The molecule has 0 spiro atoms. The summed E-state index contributed by atoms with van der Waals surface area (Å²) in [5, 5.41) is 0. The van der Waals surface area contributed by atoms with Crippen molar-refractivity contribution in [3.8, 4) is 11.5 Å². The molecule has 1 heterocycles. The van der Waals surface area contributed by atoms with Crippen molar-refractivity contribution in [2.75, 3.05) is 33.9 Å². The van der Waals surface area contributed by atoms with Gasteiger partial charge in [0, 0.05) is 25.5 Å². The van der Waals surface area contributed by atoms with E-state index in [1.807, 2.05) is 36.7 Å². The number of likely N-dealkylation sites (N-methyl/N-ethyl adjacent to an activating group) is 1. The Morgan fingerprint density at radius 1 is 0.952 bits per heavy atom. The van der Waals surface area contributed by atoms with Gasteiger partial charge in [0.2, 0.25) is 0 Å². The van der Waals surface area contributed by atoms with Crippen LogP contribution in [0.25, 0.3) is 0 Å². The van der Waals surface area contributed by atoms with Gasteiger partial charge in [0.25, 0.3) is 0 Å². The molecule has 2 rings (SSSR count). The molecule has 2 aromatic rings. The number of hydrogen-bond acceptors (Lipinski definition) is 4. The minimum absolute atomic E-state index is 0.680. The molecular weight excluding hydrogens is 264 g/mol. The average molecular weight is 286 g/mol. The molecule has 0 saturated heterocycles. The van der Waals surface area contributed by atoms with Crippen molar-refractivity contribution in [3.05, 3.63) is 54.4 Å². The minimum Gasteiger partial charge on any atom is -0.497 e.